The first-order valence-electron chi connectivity index (χ1n) is 5.82. The minimum Gasteiger partial charge on any atom is -0.399 e. The third-order valence-electron chi connectivity index (χ3n) is 2.89. The number of hydrogen-bond donors (Lipinski definition) is 2. The van der Waals surface area contributed by atoms with Crippen molar-refractivity contribution in [3.8, 4) is 0 Å². The minimum atomic E-state index is -3.46. The van der Waals surface area contributed by atoms with Crippen molar-refractivity contribution in [3.63, 3.8) is 0 Å². The van der Waals surface area contributed by atoms with Gasteiger partial charge in [-0.15, -0.1) is 0 Å². The van der Waals surface area contributed by atoms with Gasteiger partial charge in [0, 0.05) is 23.2 Å². The maximum absolute atomic E-state index is 12.2. The highest BCUT2D eigenvalue weighted by Crippen LogP contribution is 2.26. The molecule has 0 atom stereocenters. The molecule has 3 N–H and O–H groups in total. The Kier molecular flexibility index (Phi) is 4.14. The third kappa shape index (κ3) is 3.15. The van der Waals surface area contributed by atoms with Crippen molar-refractivity contribution in [2.24, 2.45) is 0 Å². The normalized spacial score (nSPS) is 17.6. The lowest BCUT2D eigenvalue weighted by Gasteiger charge is -2.26. The average Bonchev–Trinajstić information content (AvgIpc) is 2.34. The molecule has 1 aliphatic heterocycles. The molecular weight excluding hydrogens is 318 g/mol. The van der Waals surface area contributed by atoms with Crippen LogP contribution in [0.15, 0.2) is 22.7 Å². The summed E-state index contributed by atoms with van der Waals surface area (Å²) in [5.74, 6) is 0. The average molecular weight is 334 g/mol. The number of rotatable bonds is 3. The summed E-state index contributed by atoms with van der Waals surface area (Å²) < 4.78 is 29.0. The molecule has 1 fully saturated rings. The van der Waals surface area contributed by atoms with E-state index >= 15 is 0 Å². The van der Waals surface area contributed by atoms with Crippen LogP contribution in [0.4, 0.5) is 11.4 Å². The van der Waals surface area contributed by atoms with Crippen molar-refractivity contribution in [3.05, 3.63) is 22.7 Å². The molecular formula is C11H16BrN3O2S. The molecule has 1 aliphatic rings. The van der Waals surface area contributed by atoms with Gasteiger partial charge in [-0.2, -0.15) is 12.7 Å². The van der Waals surface area contributed by atoms with Crippen molar-refractivity contribution >= 4 is 37.5 Å². The van der Waals surface area contributed by atoms with Gasteiger partial charge in [-0.25, -0.2) is 0 Å². The van der Waals surface area contributed by atoms with Crippen molar-refractivity contribution < 1.29 is 8.42 Å². The third-order valence-corrected chi connectivity index (χ3v) is 5.07. The zero-order valence-corrected chi connectivity index (χ0v) is 12.3. The van der Waals surface area contributed by atoms with E-state index in [9.17, 15) is 8.42 Å². The molecule has 0 unspecified atom stereocenters. The topological polar surface area (TPSA) is 75.4 Å². The van der Waals surface area contributed by atoms with E-state index < -0.39 is 10.2 Å². The summed E-state index contributed by atoms with van der Waals surface area (Å²) in [4.78, 5) is 0. The summed E-state index contributed by atoms with van der Waals surface area (Å²) in [6.07, 6.45) is 2.94. The number of piperidine rings is 1. The molecule has 100 valence electrons. The number of benzene rings is 1. The Labute approximate surface area is 116 Å². The van der Waals surface area contributed by atoms with Crippen LogP contribution in [0.2, 0.25) is 0 Å². The van der Waals surface area contributed by atoms with Crippen LogP contribution in [-0.4, -0.2) is 25.8 Å². The molecule has 1 heterocycles. The van der Waals surface area contributed by atoms with Crippen LogP contribution in [0, 0.1) is 0 Å². The largest absolute Gasteiger partial charge is 0.399 e. The van der Waals surface area contributed by atoms with E-state index in [0.717, 1.165) is 19.3 Å². The first-order valence-corrected chi connectivity index (χ1v) is 8.05. The van der Waals surface area contributed by atoms with E-state index in [1.54, 1.807) is 18.2 Å². The van der Waals surface area contributed by atoms with Gasteiger partial charge in [0.25, 0.3) is 0 Å². The highest BCUT2D eigenvalue weighted by atomic mass is 79.9. The predicted octanol–water partition coefficient (Wildman–Crippen LogP) is 2.17. The first-order chi connectivity index (χ1) is 8.49. The molecule has 1 aromatic rings. The number of nitrogens with zero attached hydrogens (tertiary/aromatic N) is 1. The van der Waals surface area contributed by atoms with Gasteiger partial charge in [0.2, 0.25) is 0 Å². The first kappa shape index (κ1) is 13.6. The maximum Gasteiger partial charge on any atom is 0.301 e. The standard InChI is InChI=1S/C11H16BrN3O2S/c12-10-8-9(13)4-5-11(10)14-18(16,17)15-6-2-1-3-7-15/h4-5,8,14H,1-3,6-7,13H2. The fraction of sp³-hybridized carbons (Fsp3) is 0.455. The van der Waals surface area contributed by atoms with Crippen LogP contribution in [0.3, 0.4) is 0 Å². The van der Waals surface area contributed by atoms with Crippen LogP contribution >= 0.6 is 15.9 Å². The summed E-state index contributed by atoms with van der Waals surface area (Å²) in [5.41, 5.74) is 6.71. The molecule has 1 saturated heterocycles. The molecule has 18 heavy (non-hydrogen) atoms. The lowest BCUT2D eigenvalue weighted by atomic mass is 10.2. The van der Waals surface area contributed by atoms with Crippen molar-refractivity contribution in [1.29, 1.82) is 0 Å². The Morgan fingerprint density at radius 1 is 1.22 bits per heavy atom. The summed E-state index contributed by atoms with van der Waals surface area (Å²) in [7, 11) is -3.46. The number of hydrogen-bond acceptors (Lipinski definition) is 3. The second kappa shape index (κ2) is 5.46. The van der Waals surface area contributed by atoms with E-state index in [0.29, 0.717) is 28.9 Å². The lowest BCUT2D eigenvalue weighted by Crippen LogP contribution is -2.39. The van der Waals surface area contributed by atoms with E-state index in [4.69, 9.17) is 5.73 Å². The van der Waals surface area contributed by atoms with Crippen molar-refractivity contribution in [2.45, 2.75) is 19.3 Å². The second-order valence-electron chi connectivity index (χ2n) is 4.31. The van der Waals surface area contributed by atoms with Gasteiger partial charge in [0.15, 0.2) is 0 Å². The number of halogens is 1. The van der Waals surface area contributed by atoms with Gasteiger partial charge in [-0.1, -0.05) is 6.42 Å². The summed E-state index contributed by atoms with van der Waals surface area (Å²) in [6.45, 7) is 1.17. The number of nitrogens with two attached hydrogens (primary N) is 1. The van der Waals surface area contributed by atoms with Gasteiger partial charge < -0.3 is 5.73 Å². The molecule has 1 aromatic carbocycles. The maximum atomic E-state index is 12.2. The molecule has 0 saturated carbocycles. The Hall–Kier alpha value is -0.790. The molecule has 0 radical (unpaired) electrons. The highest BCUT2D eigenvalue weighted by molar-refractivity contribution is 9.10. The van der Waals surface area contributed by atoms with E-state index in [2.05, 4.69) is 20.7 Å². The van der Waals surface area contributed by atoms with Crippen LogP contribution < -0.4 is 10.5 Å². The van der Waals surface area contributed by atoms with E-state index in [1.165, 1.54) is 4.31 Å². The minimum absolute atomic E-state index is 0.509. The molecule has 2 rings (SSSR count). The molecule has 0 bridgehead atoms. The van der Waals surface area contributed by atoms with Crippen molar-refractivity contribution in [2.75, 3.05) is 23.5 Å². The molecule has 5 nitrogen and oxygen atoms in total. The fourth-order valence-electron chi connectivity index (χ4n) is 1.92. The number of anilines is 2. The molecule has 0 aliphatic carbocycles. The number of nitrogen functional groups attached to an aromatic ring is 1. The Morgan fingerprint density at radius 2 is 1.89 bits per heavy atom. The Bertz CT molecular complexity index is 527. The van der Waals surface area contributed by atoms with Gasteiger partial charge >= 0.3 is 10.2 Å². The van der Waals surface area contributed by atoms with Crippen LogP contribution in [0.1, 0.15) is 19.3 Å². The fourth-order valence-corrected chi connectivity index (χ4v) is 3.87. The van der Waals surface area contributed by atoms with Crippen molar-refractivity contribution in [1.82, 2.24) is 4.31 Å². The molecule has 7 heteroatoms. The van der Waals surface area contributed by atoms with Crippen LogP contribution in [0.25, 0.3) is 0 Å². The lowest BCUT2D eigenvalue weighted by molar-refractivity contribution is 0.349. The SMILES string of the molecule is Nc1ccc(NS(=O)(=O)N2CCCCC2)c(Br)c1. The van der Waals surface area contributed by atoms with Gasteiger partial charge in [0.05, 0.1) is 5.69 Å². The van der Waals surface area contributed by atoms with Crippen LogP contribution in [0.5, 0.6) is 0 Å². The Morgan fingerprint density at radius 3 is 2.50 bits per heavy atom. The number of nitrogens with one attached hydrogen (secondary N) is 1. The Balaban J connectivity index is 2.16. The second-order valence-corrected chi connectivity index (χ2v) is 6.83. The predicted molar refractivity (Wildman–Crippen MR) is 76.5 cm³/mol. The molecule has 0 aromatic heterocycles. The zero-order chi connectivity index (χ0) is 13.2. The van der Waals surface area contributed by atoms with E-state index in [1.807, 2.05) is 0 Å². The summed E-state index contributed by atoms with van der Waals surface area (Å²) in [5, 5.41) is 0. The monoisotopic (exact) mass is 333 g/mol. The summed E-state index contributed by atoms with van der Waals surface area (Å²) in [6, 6.07) is 4.99. The van der Waals surface area contributed by atoms with Gasteiger partial charge in [-0.3, -0.25) is 4.72 Å². The smallest absolute Gasteiger partial charge is 0.301 e. The van der Waals surface area contributed by atoms with Crippen LogP contribution in [-0.2, 0) is 10.2 Å². The van der Waals surface area contributed by atoms with Gasteiger partial charge in [-0.05, 0) is 47.0 Å². The molecule has 0 amide bonds. The van der Waals surface area contributed by atoms with E-state index in [-0.39, 0.29) is 0 Å². The zero-order valence-electron chi connectivity index (χ0n) is 9.89. The summed E-state index contributed by atoms with van der Waals surface area (Å²) >= 11 is 3.30. The van der Waals surface area contributed by atoms with Gasteiger partial charge in [0.1, 0.15) is 0 Å². The highest BCUT2D eigenvalue weighted by Gasteiger charge is 2.24. The quantitative estimate of drug-likeness (QED) is 0.832. The molecule has 0 spiro atoms.